The SMILES string of the molecule is CC1CN(C(=O)c2c(F)cccc2Cl)CCN1. The van der Waals surface area contributed by atoms with Crippen LogP contribution in [-0.2, 0) is 0 Å². The highest BCUT2D eigenvalue weighted by Gasteiger charge is 2.25. The lowest BCUT2D eigenvalue weighted by atomic mass is 10.1. The molecule has 1 N–H and O–H groups in total. The molecule has 1 aromatic rings. The first-order valence-corrected chi connectivity index (χ1v) is 5.94. The average molecular weight is 257 g/mol. The van der Waals surface area contributed by atoms with Crippen molar-refractivity contribution < 1.29 is 9.18 Å². The third-order valence-corrected chi connectivity index (χ3v) is 3.15. The fourth-order valence-corrected chi connectivity index (χ4v) is 2.22. The Hall–Kier alpha value is -1.13. The predicted octanol–water partition coefficient (Wildman–Crippen LogP) is 1.91. The quantitative estimate of drug-likeness (QED) is 0.833. The number of hydrogen-bond acceptors (Lipinski definition) is 2. The minimum atomic E-state index is -0.561. The third-order valence-electron chi connectivity index (χ3n) is 2.83. The van der Waals surface area contributed by atoms with Crippen LogP contribution in [0.5, 0.6) is 0 Å². The number of rotatable bonds is 1. The van der Waals surface area contributed by atoms with Crippen molar-refractivity contribution in [2.24, 2.45) is 0 Å². The van der Waals surface area contributed by atoms with Crippen molar-refractivity contribution in [3.63, 3.8) is 0 Å². The Balaban J connectivity index is 2.24. The molecule has 0 saturated carbocycles. The molecule has 0 bridgehead atoms. The summed E-state index contributed by atoms with van der Waals surface area (Å²) in [6.07, 6.45) is 0. The van der Waals surface area contributed by atoms with Crippen molar-refractivity contribution in [3.05, 3.63) is 34.6 Å². The number of amides is 1. The molecule has 2 rings (SSSR count). The predicted molar refractivity (Wildman–Crippen MR) is 64.8 cm³/mol. The van der Waals surface area contributed by atoms with Gasteiger partial charge in [0.25, 0.3) is 5.91 Å². The summed E-state index contributed by atoms with van der Waals surface area (Å²) in [5, 5.41) is 3.39. The maximum atomic E-state index is 13.6. The van der Waals surface area contributed by atoms with Crippen LogP contribution in [0, 0.1) is 5.82 Å². The first-order chi connectivity index (χ1) is 8.09. The number of halogens is 2. The van der Waals surface area contributed by atoms with E-state index < -0.39 is 5.82 Å². The van der Waals surface area contributed by atoms with Crippen LogP contribution in [0.25, 0.3) is 0 Å². The van der Waals surface area contributed by atoms with E-state index >= 15 is 0 Å². The fourth-order valence-electron chi connectivity index (χ4n) is 1.98. The molecule has 1 amide bonds. The molecule has 1 heterocycles. The monoisotopic (exact) mass is 256 g/mol. The Morgan fingerprint density at radius 2 is 2.35 bits per heavy atom. The van der Waals surface area contributed by atoms with Gasteiger partial charge in [0, 0.05) is 25.7 Å². The van der Waals surface area contributed by atoms with Gasteiger partial charge < -0.3 is 10.2 Å². The zero-order valence-corrected chi connectivity index (χ0v) is 10.3. The van der Waals surface area contributed by atoms with Crippen LogP contribution in [0.2, 0.25) is 5.02 Å². The van der Waals surface area contributed by atoms with Crippen molar-refractivity contribution in [3.8, 4) is 0 Å². The first kappa shape index (κ1) is 12.3. The average Bonchev–Trinajstić information content (AvgIpc) is 2.28. The van der Waals surface area contributed by atoms with Crippen LogP contribution in [0.15, 0.2) is 18.2 Å². The summed E-state index contributed by atoms with van der Waals surface area (Å²) in [5.74, 6) is -0.893. The second kappa shape index (κ2) is 5.02. The summed E-state index contributed by atoms with van der Waals surface area (Å²) >= 11 is 5.88. The normalized spacial score (nSPS) is 20.4. The van der Waals surface area contributed by atoms with Crippen molar-refractivity contribution >= 4 is 17.5 Å². The number of nitrogens with one attached hydrogen (secondary N) is 1. The molecule has 3 nitrogen and oxygen atoms in total. The maximum absolute atomic E-state index is 13.6. The topological polar surface area (TPSA) is 32.3 Å². The molecule has 0 radical (unpaired) electrons. The van der Waals surface area contributed by atoms with E-state index in [0.29, 0.717) is 13.1 Å². The second-order valence-electron chi connectivity index (χ2n) is 4.20. The van der Waals surface area contributed by atoms with Gasteiger partial charge in [0.15, 0.2) is 0 Å². The lowest BCUT2D eigenvalue weighted by Gasteiger charge is -2.32. The van der Waals surface area contributed by atoms with Crippen molar-refractivity contribution in [2.45, 2.75) is 13.0 Å². The van der Waals surface area contributed by atoms with Gasteiger partial charge in [0.1, 0.15) is 5.82 Å². The van der Waals surface area contributed by atoms with Crippen LogP contribution in [0.4, 0.5) is 4.39 Å². The van der Waals surface area contributed by atoms with Gasteiger partial charge in [-0.15, -0.1) is 0 Å². The van der Waals surface area contributed by atoms with Gasteiger partial charge in [0.2, 0.25) is 0 Å². The molecule has 92 valence electrons. The Morgan fingerprint density at radius 3 is 3.00 bits per heavy atom. The highest BCUT2D eigenvalue weighted by Crippen LogP contribution is 2.21. The van der Waals surface area contributed by atoms with E-state index in [-0.39, 0.29) is 22.5 Å². The minimum absolute atomic E-state index is 0.0248. The second-order valence-corrected chi connectivity index (χ2v) is 4.61. The maximum Gasteiger partial charge on any atom is 0.258 e. The van der Waals surface area contributed by atoms with E-state index in [0.717, 1.165) is 6.54 Å². The highest BCUT2D eigenvalue weighted by atomic mass is 35.5. The van der Waals surface area contributed by atoms with Crippen LogP contribution in [0.3, 0.4) is 0 Å². The lowest BCUT2D eigenvalue weighted by molar-refractivity contribution is 0.0704. The zero-order chi connectivity index (χ0) is 12.4. The van der Waals surface area contributed by atoms with Gasteiger partial charge in [-0.05, 0) is 19.1 Å². The Morgan fingerprint density at radius 1 is 1.59 bits per heavy atom. The van der Waals surface area contributed by atoms with Crippen LogP contribution >= 0.6 is 11.6 Å². The smallest absolute Gasteiger partial charge is 0.258 e. The van der Waals surface area contributed by atoms with Crippen LogP contribution < -0.4 is 5.32 Å². The zero-order valence-electron chi connectivity index (χ0n) is 9.54. The van der Waals surface area contributed by atoms with Crippen LogP contribution in [0.1, 0.15) is 17.3 Å². The summed E-state index contributed by atoms with van der Waals surface area (Å²) in [4.78, 5) is 13.8. The molecule has 5 heteroatoms. The standard InChI is InChI=1S/C12H14ClFN2O/c1-8-7-16(6-5-15-8)12(17)11-9(13)3-2-4-10(11)14/h2-4,8,15H,5-7H2,1H3. The molecule has 1 fully saturated rings. The van der Waals surface area contributed by atoms with Crippen LogP contribution in [-0.4, -0.2) is 36.5 Å². The van der Waals surface area contributed by atoms with Gasteiger partial charge in [-0.3, -0.25) is 4.79 Å². The molecule has 0 spiro atoms. The fraction of sp³-hybridized carbons (Fsp3) is 0.417. The Labute approximate surface area is 105 Å². The summed E-state index contributed by atoms with van der Waals surface area (Å²) in [7, 11) is 0. The van der Waals surface area contributed by atoms with E-state index in [1.807, 2.05) is 6.92 Å². The molecule has 1 aliphatic rings. The minimum Gasteiger partial charge on any atom is -0.336 e. The van der Waals surface area contributed by atoms with Gasteiger partial charge >= 0.3 is 0 Å². The summed E-state index contributed by atoms with van der Waals surface area (Å²) in [6.45, 7) is 3.86. The van der Waals surface area contributed by atoms with Crippen molar-refractivity contribution in [1.82, 2.24) is 10.2 Å². The summed E-state index contributed by atoms with van der Waals surface area (Å²) in [5.41, 5.74) is -0.0248. The first-order valence-electron chi connectivity index (χ1n) is 5.56. The Kier molecular flexibility index (Phi) is 3.64. The highest BCUT2D eigenvalue weighted by molar-refractivity contribution is 6.33. The van der Waals surface area contributed by atoms with E-state index in [4.69, 9.17) is 11.6 Å². The Bertz CT molecular complexity index is 418. The summed E-state index contributed by atoms with van der Waals surface area (Å²) < 4.78 is 13.6. The van der Waals surface area contributed by atoms with E-state index in [2.05, 4.69) is 5.32 Å². The van der Waals surface area contributed by atoms with E-state index in [1.54, 1.807) is 4.90 Å². The third kappa shape index (κ3) is 2.58. The molecule has 1 aliphatic heterocycles. The van der Waals surface area contributed by atoms with Gasteiger partial charge in [-0.2, -0.15) is 0 Å². The number of benzene rings is 1. The molecular formula is C12H14ClFN2O. The van der Waals surface area contributed by atoms with Gasteiger partial charge in [0.05, 0.1) is 10.6 Å². The number of nitrogens with zero attached hydrogens (tertiary/aromatic N) is 1. The molecule has 1 atom stereocenters. The number of carbonyl (C=O) groups excluding carboxylic acids is 1. The van der Waals surface area contributed by atoms with E-state index in [1.165, 1.54) is 18.2 Å². The van der Waals surface area contributed by atoms with E-state index in [9.17, 15) is 9.18 Å². The largest absolute Gasteiger partial charge is 0.336 e. The van der Waals surface area contributed by atoms with Gasteiger partial charge in [-0.25, -0.2) is 4.39 Å². The number of hydrogen-bond donors (Lipinski definition) is 1. The molecular weight excluding hydrogens is 243 g/mol. The molecule has 1 saturated heterocycles. The lowest BCUT2D eigenvalue weighted by Crippen LogP contribution is -2.51. The molecule has 1 aromatic carbocycles. The van der Waals surface area contributed by atoms with Crippen molar-refractivity contribution in [2.75, 3.05) is 19.6 Å². The molecule has 17 heavy (non-hydrogen) atoms. The summed E-state index contributed by atoms with van der Waals surface area (Å²) in [6, 6.07) is 4.50. The van der Waals surface area contributed by atoms with Crippen molar-refractivity contribution in [1.29, 1.82) is 0 Å². The molecule has 1 unspecified atom stereocenters. The van der Waals surface area contributed by atoms with Gasteiger partial charge in [-0.1, -0.05) is 17.7 Å². The molecule has 0 aliphatic carbocycles. The molecule has 0 aromatic heterocycles. The number of carbonyl (C=O) groups is 1. The number of piperazine rings is 1.